The summed E-state index contributed by atoms with van der Waals surface area (Å²) in [7, 11) is 0. The standard InChI is InChI=1S/C23H18F2N4O2/c24-22(25)11-29(12-22)16-4-6-20-18(9-16)23(13-30-21(26)28-23)17-8-14(3-5-19(17)31-20)15-2-1-7-27-10-15/h1-10H,11-13H2,(H2,26,28)/t23-/m0/s1. The van der Waals surface area contributed by atoms with Crippen LogP contribution in [-0.2, 0) is 10.3 Å². The van der Waals surface area contributed by atoms with Crippen LogP contribution in [0.2, 0.25) is 0 Å². The number of halogens is 2. The van der Waals surface area contributed by atoms with Crippen molar-refractivity contribution in [3.05, 3.63) is 72.1 Å². The summed E-state index contributed by atoms with van der Waals surface area (Å²) in [6.07, 6.45) is 3.51. The van der Waals surface area contributed by atoms with Crippen LogP contribution in [0.5, 0.6) is 11.5 Å². The van der Waals surface area contributed by atoms with Crippen LogP contribution >= 0.6 is 0 Å². The Morgan fingerprint density at radius 2 is 1.74 bits per heavy atom. The van der Waals surface area contributed by atoms with Crippen molar-refractivity contribution >= 4 is 11.7 Å². The van der Waals surface area contributed by atoms with Gasteiger partial charge in [-0.2, -0.15) is 0 Å². The molecule has 8 heteroatoms. The van der Waals surface area contributed by atoms with Gasteiger partial charge in [-0.05, 0) is 42.0 Å². The first-order chi connectivity index (χ1) is 14.9. The largest absolute Gasteiger partial charge is 0.462 e. The second kappa shape index (κ2) is 6.16. The van der Waals surface area contributed by atoms with Crippen LogP contribution in [0.25, 0.3) is 11.1 Å². The Morgan fingerprint density at radius 3 is 2.42 bits per heavy atom. The maximum absolute atomic E-state index is 13.4. The van der Waals surface area contributed by atoms with Crippen LogP contribution in [-0.4, -0.2) is 36.6 Å². The van der Waals surface area contributed by atoms with Gasteiger partial charge in [-0.15, -0.1) is 0 Å². The molecule has 6 nitrogen and oxygen atoms in total. The number of hydrogen-bond acceptors (Lipinski definition) is 6. The van der Waals surface area contributed by atoms with Gasteiger partial charge in [-0.3, -0.25) is 4.98 Å². The molecule has 3 aromatic rings. The molecule has 1 aromatic heterocycles. The van der Waals surface area contributed by atoms with Gasteiger partial charge in [0.25, 0.3) is 11.9 Å². The molecule has 0 saturated carbocycles. The fourth-order valence-corrected chi connectivity index (χ4v) is 4.45. The number of amidine groups is 1. The van der Waals surface area contributed by atoms with E-state index in [0.717, 1.165) is 22.3 Å². The van der Waals surface area contributed by atoms with Crippen LogP contribution in [0.4, 0.5) is 14.5 Å². The quantitative estimate of drug-likeness (QED) is 0.681. The van der Waals surface area contributed by atoms with E-state index in [0.29, 0.717) is 17.2 Å². The molecule has 6 rings (SSSR count). The first-order valence-corrected chi connectivity index (χ1v) is 9.92. The Labute approximate surface area is 176 Å². The van der Waals surface area contributed by atoms with Gasteiger partial charge >= 0.3 is 0 Å². The van der Waals surface area contributed by atoms with E-state index in [1.54, 1.807) is 29.4 Å². The minimum Gasteiger partial charge on any atom is -0.462 e. The van der Waals surface area contributed by atoms with Crippen LogP contribution < -0.4 is 15.4 Å². The summed E-state index contributed by atoms with van der Waals surface area (Å²) < 4.78 is 38.6. The normalized spacial score (nSPS) is 22.6. The van der Waals surface area contributed by atoms with Crippen molar-refractivity contribution < 1.29 is 18.3 Å². The van der Waals surface area contributed by atoms with Crippen molar-refractivity contribution in [3.8, 4) is 22.6 Å². The average Bonchev–Trinajstić information content (AvgIpc) is 3.15. The lowest BCUT2D eigenvalue weighted by atomic mass is 9.80. The number of aromatic nitrogens is 1. The minimum absolute atomic E-state index is 0.0893. The number of aliphatic imine (C=N–C) groups is 1. The predicted octanol–water partition coefficient (Wildman–Crippen LogP) is 3.90. The maximum atomic E-state index is 13.4. The highest BCUT2D eigenvalue weighted by molar-refractivity contribution is 5.78. The van der Waals surface area contributed by atoms with E-state index in [2.05, 4.69) is 9.98 Å². The van der Waals surface area contributed by atoms with E-state index in [9.17, 15) is 8.78 Å². The molecule has 0 aliphatic carbocycles. The first kappa shape index (κ1) is 18.1. The van der Waals surface area contributed by atoms with Crippen molar-refractivity contribution in [3.63, 3.8) is 0 Å². The third-order valence-electron chi connectivity index (χ3n) is 5.99. The molecule has 0 bridgehead atoms. The third kappa shape index (κ3) is 2.74. The summed E-state index contributed by atoms with van der Waals surface area (Å²) in [6.45, 7) is -0.398. The van der Waals surface area contributed by atoms with E-state index < -0.39 is 11.5 Å². The van der Waals surface area contributed by atoms with Crippen LogP contribution in [0.3, 0.4) is 0 Å². The molecule has 0 radical (unpaired) electrons. The average molecular weight is 420 g/mol. The monoisotopic (exact) mass is 420 g/mol. The molecule has 31 heavy (non-hydrogen) atoms. The van der Waals surface area contributed by atoms with E-state index in [-0.39, 0.29) is 25.7 Å². The van der Waals surface area contributed by atoms with Gasteiger partial charge < -0.3 is 20.1 Å². The number of fused-ring (bicyclic) bond motifs is 4. The summed E-state index contributed by atoms with van der Waals surface area (Å²) in [4.78, 5) is 10.5. The molecule has 1 atom stereocenters. The number of alkyl halides is 2. The number of nitrogens with zero attached hydrogens (tertiary/aromatic N) is 3. The maximum Gasteiger partial charge on any atom is 0.283 e. The predicted molar refractivity (Wildman–Crippen MR) is 112 cm³/mol. The molecule has 2 N–H and O–H groups in total. The SMILES string of the molecule is NC1=N[C@@]2(CO1)c1cc(-c3cccnc3)ccc1Oc1ccc(N3CC(F)(F)C3)cc12. The molecular formula is C23H18F2N4O2. The number of nitrogens with two attached hydrogens (primary N) is 1. The van der Waals surface area contributed by atoms with E-state index in [1.165, 1.54) is 0 Å². The highest BCUT2D eigenvalue weighted by Gasteiger charge is 2.48. The lowest BCUT2D eigenvalue weighted by Gasteiger charge is -2.41. The topological polar surface area (TPSA) is 73.0 Å². The van der Waals surface area contributed by atoms with E-state index in [1.807, 2.05) is 36.4 Å². The lowest BCUT2D eigenvalue weighted by molar-refractivity contribution is -0.0262. The number of benzene rings is 2. The minimum atomic E-state index is -2.66. The summed E-state index contributed by atoms with van der Waals surface area (Å²) in [5.41, 5.74) is 9.20. The zero-order valence-electron chi connectivity index (χ0n) is 16.4. The zero-order chi connectivity index (χ0) is 21.2. The Bertz CT molecular complexity index is 1220. The van der Waals surface area contributed by atoms with Crippen LogP contribution in [0.1, 0.15) is 11.1 Å². The Morgan fingerprint density at radius 1 is 0.968 bits per heavy atom. The molecule has 1 spiro atoms. The van der Waals surface area contributed by atoms with Crippen molar-refractivity contribution in [2.45, 2.75) is 11.5 Å². The fraction of sp³-hybridized carbons (Fsp3) is 0.217. The third-order valence-corrected chi connectivity index (χ3v) is 5.99. The zero-order valence-corrected chi connectivity index (χ0v) is 16.4. The smallest absolute Gasteiger partial charge is 0.283 e. The Hall–Kier alpha value is -3.68. The molecule has 2 aromatic carbocycles. The molecule has 3 aliphatic rings. The second-order valence-electron chi connectivity index (χ2n) is 8.05. The fourth-order valence-electron chi connectivity index (χ4n) is 4.45. The van der Waals surface area contributed by atoms with Gasteiger partial charge in [0, 0.05) is 34.8 Å². The van der Waals surface area contributed by atoms with Gasteiger partial charge in [0.05, 0.1) is 13.1 Å². The Kier molecular flexibility index (Phi) is 3.60. The van der Waals surface area contributed by atoms with E-state index in [4.69, 9.17) is 15.2 Å². The van der Waals surface area contributed by atoms with Crippen LogP contribution in [0, 0.1) is 0 Å². The van der Waals surface area contributed by atoms with Gasteiger partial charge in [0.15, 0.2) is 5.54 Å². The number of ether oxygens (including phenoxy) is 2. The molecular weight excluding hydrogens is 402 g/mol. The highest BCUT2D eigenvalue weighted by atomic mass is 19.3. The summed E-state index contributed by atoms with van der Waals surface area (Å²) >= 11 is 0. The van der Waals surface area contributed by atoms with Crippen molar-refractivity contribution in [1.29, 1.82) is 0 Å². The molecule has 156 valence electrons. The molecule has 4 heterocycles. The number of pyridine rings is 1. The van der Waals surface area contributed by atoms with Gasteiger partial charge in [-0.25, -0.2) is 13.8 Å². The summed E-state index contributed by atoms with van der Waals surface area (Å²) in [5.74, 6) is -1.39. The molecule has 1 fully saturated rings. The van der Waals surface area contributed by atoms with Crippen molar-refractivity contribution in [1.82, 2.24) is 4.98 Å². The summed E-state index contributed by atoms with van der Waals surface area (Å²) in [6, 6.07) is 15.3. The van der Waals surface area contributed by atoms with Crippen LogP contribution in [0.15, 0.2) is 65.9 Å². The van der Waals surface area contributed by atoms with E-state index >= 15 is 0 Å². The highest BCUT2D eigenvalue weighted by Crippen LogP contribution is 2.52. The summed E-state index contributed by atoms with van der Waals surface area (Å²) in [5, 5.41) is 0. The number of hydrogen-bond donors (Lipinski definition) is 1. The number of rotatable bonds is 2. The van der Waals surface area contributed by atoms with Gasteiger partial charge in [0.1, 0.15) is 18.1 Å². The molecule has 0 unspecified atom stereocenters. The number of anilines is 1. The molecule has 0 amide bonds. The van der Waals surface area contributed by atoms with Crippen molar-refractivity contribution in [2.24, 2.45) is 10.7 Å². The molecule has 3 aliphatic heterocycles. The second-order valence-corrected chi connectivity index (χ2v) is 8.05. The van der Waals surface area contributed by atoms with Gasteiger partial charge in [0.2, 0.25) is 0 Å². The lowest BCUT2D eigenvalue weighted by Crippen LogP contribution is -2.56. The van der Waals surface area contributed by atoms with Gasteiger partial charge in [-0.1, -0.05) is 12.1 Å². The van der Waals surface area contributed by atoms with Crippen molar-refractivity contribution in [2.75, 3.05) is 24.6 Å². The first-order valence-electron chi connectivity index (χ1n) is 9.92. The Balaban J connectivity index is 1.50. The molecule has 1 saturated heterocycles.